The Morgan fingerprint density at radius 1 is 0.689 bits per heavy atom. The predicted molar refractivity (Wildman–Crippen MR) is 239 cm³/mol. The predicted octanol–water partition coefficient (Wildman–Crippen LogP) is 11.2. The highest BCUT2D eigenvalue weighted by Crippen LogP contribution is 2.41. The zero-order chi connectivity index (χ0) is 43.1. The number of amides is 1. The maximum atomic E-state index is 12.3. The largest absolute Gasteiger partial charge is 0.444 e. The summed E-state index contributed by atoms with van der Waals surface area (Å²) in [5, 5.41) is 27.5. The number of nitrogens with zero attached hydrogens (tertiary/aromatic N) is 6. The highest BCUT2D eigenvalue weighted by molar-refractivity contribution is 8.00. The molecule has 3 N–H and O–H groups in total. The van der Waals surface area contributed by atoms with Gasteiger partial charge in [0.2, 0.25) is 0 Å². The van der Waals surface area contributed by atoms with Crippen molar-refractivity contribution in [3.63, 3.8) is 0 Å². The van der Waals surface area contributed by atoms with Crippen LogP contribution in [-0.2, 0) is 17.8 Å². The van der Waals surface area contributed by atoms with E-state index >= 15 is 0 Å². The van der Waals surface area contributed by atoms with Gasteiger partial charge in [-0.2, -0.15) is 0 Å². The van der Waals surface area contributed by atoms with Crippen molar-refractivity contribution in [3.05, 3.63) is 178 Å². The molecule has 16 heteroatoms. The van der Waals surface area contributed by atoms with Crippen molar-refractivity contribution in [2.75, 3.05) is 11.1 Å². The molecule has 14 nitrogen and oxygen atoms in total. The van der Waals surface area contributed by atoms with Gasteiger partial charge in [-0.05, 0) is 92.6 Å². The monoisotopic (exact) mass is 852 g/mol. The Balaban J connectivity index is 0.000000189. The van der Waals surface area contributed by atoms with Crippen molar-refractivity contribution in [1.82, 2.24) is 19.1 Å². The third-order valence-electron chi connectivity index (χ3n) is 9.08. The molecule has 0 atom stereocenters. The van der Waals surface area contributed by atoms with Gasteiger partial charge in [0.25, 0.3) is 11.4 Å². The highest BCUT2D eigenvalue weighted by Gasteiger charge is 2.20. The molecule has 0 aliphatic carbocycles. The maximum absolute atomic E-state index is 12.3. The SMILES string of the molecule is CC(C)(C)OC(=O)Nc1ccc2c(Sc3ccccc3[N+](=O)[O-])cn(Cc3cccnc3)c2c1.Nc1ccc2c(Sc3ccccc3[N+](=O)[O-])cn(Cc3cccnc3)c2c1. The third kappa shape index (κ3) is 10.5. The molecule has 0 aliphatic heterocycles. The molecule has 0 saturated heterocycles. The second kappa shape index (κ2) is 18.4. The summed E-state index contributed by atoms with van der Waals surface area (Å²) in [6.07, 6.45) is 10.5. The van der Waals surface area contributed by atoms with Crippen molar-refractivity contribution in [1.29, 1.82) is 0 Å². The highest BCUT2D eigenvalue weighted by atomic mass is 32.2. The van der Waals surface area contributed by atoms with Crippen molar-refractivity contribution in [2.24, 2.45) is 0 Å². The number of nitrogens with two attached hydrogens (primary N) is 1. The lowest BCUT2D eigenvalue weighted by Crippen LogP contribution is -2.27. The molecule has 0 saturated carbocycles. The minimum atomic E-state index is -0.608. The van der Waals surface area contributed by atoms with Crippen LogP contribution in [0.15, 0.2) is 166 Å². The van der Waals surface area contributed by atoms with Gasteiger partial charge in [-0.15, -0.1) is 0 Å². The number of hydrogen-bond acceptors (Lipinski definition) is 11. The average Bonchev–Trinajstić information content (AvgIpc) is 3.73. The first-order chi connectivity index (χ1) is 29.3. The summed E-state index contributed by atoms with van der Waals surface area (Å²) in [7, 11) is 0. The van der Waals surface area contributed by atoms with E-state index in [1.807, 2.05) is 83.8 Å². The maximum Gasteiger partial charge on any atom is 0.412 e. The number of benzene rings is 4. The molecule has 4 aromatic carbocycles. The van der Waals surface area contributed by atoms with Crippen LogP contribution in [0, 0.1) is 20.2 Å². The molecule has 0 radical (unpaired) electrons. The fourth-order valence-electron chi connectivity index (χ4n) is 6.46. The van der Waals surface area contributed by atoms with Gasteiger partial charge in [0.05, 0.1) is 30.7 Å². The van der Waals surface area contributed by atoms with Gasteiger partial charge in [0, 0.05) is 94.3 Å². The van der Waals surface area contributed by atoms with Crippen LogP contribution in [0.4, 0.5) is 27.5 Å². The van der Waals surface area contributed by atoms with Crippen LogP contribution >= 0.6 is 23.5 Å². The molecule has 4 heterocycles. The standard InChI is InChI=1S/C25H24N4O4S.C20H16N4O2S/c1-25(2,3)33-24(30)27-18-10-11-19-21(13-18)28(15-17-7-6-12-26-14-17)16-23(19)34-22-9-5-4-8-20(22)29(31)32;21-15-7-8-16-18(10-15)23(12-14-4-3-9-22-11-14)13-20(16)27-19-6-2-1-5-17(19)24(25)26/h4-14,16H,15H2,1-3H3,(H,27,30);1-11,13H,12,21H2. The van der Waals surface area contributed by atoms with Gasteiger partial charge in [-0.25, -0.2) is 4.79 Å². The van der Waals surface area contributed by atoms with E-state index in [0.29, 0.717) is 34.3 Å². The number of pyridine rings is 2. The minimum absolute atomic E-state index is 0.0591. The molecule has 0 aliphatic rings. The number of ether oxygens (including phenoxy) is 1. The van der Waals surface area contributed by atoms with Gasteiger partial charge in [-0.1, -0.05) is 59.9 Å². The number of carbonyl (C=O) groups is 1. The van der Waals surface area contributed by atoms with Gasteiger partial charge in [-0.3, -0.25) is 35.5 Å². The fourth-order valence-corrected chi connectivity index (χ4v) is 8.65. The zero-order valence-corrected chi connectivity index (χ0v) is 34.9. The number of nitro benzene ring substituents is 2. The van der Waals surface area contributed by atoms with E-state index < -0.39 is 11.7 Å². The topological polar surface area (TPSA) is 186 Å². The van der Waals surface area contributed by atoms with E-state index in [1.54, 1.807) is 75.8 Å². The number of nitrogen functional groups attached to an aromatic ring is 1. The Kier molecular flexibility index (Phi) is 12.7. The van der Waals surface area contributed by atoms with Crippen LogP contribution < -0.4 is 11.1 Å². The first-order valence-corrected chi connectivity index (χ1v) is 20.6. The van der Waals surface area contributed by atoms with E-state index in [9.17, 15) is 25.0 Å². The van der Waals surface area contributed by atoms with Crippen LogP contribution in [0.5, 0.6) is 0 Å². The van der Waals surface area contributed by atoms with Crippen molar-refractivity contribution in [2.45, 2.75) is 59.0 Å². The van der Waals surface area contributed by atoms with Crippen LogP contribution in [0.1, 0.15) is 31.9 Å². The molecule has 8 rings (SSSR count). The molecule has 0 fully saturated rings. The minimum Gasteiger partial charge on any atom is -0.444 e. The fraction of sp³-hybridized carbons (Fsp3) is 0.133. The second-order valence-electron chi connectivity index (χ2n) is 14.8. The van der Waals surface area contributed by atoms with Gasteiger partial charge < -0.3 is 19.6 Å². The van der Waals surface area contributed by atoms with Crippen LogP contribution in [0.2, 0.25) is 0 Å². The summed E-state index contributed by atoms with van der Waals surface area (Å²) < 4.78 is 9.51. The number of nitro groups is 2. The lowest BCUT2D eigenvalue weighted by Gasteiger charge is -2.19. The Morgan fingerprint density at radius 3 is 1.66 bits per heavy atom. The van der Waals surface area contributed by atoms with E-state index in [0.717, 1.165) is 42.7 Å². The molecular formula is C45H40N8O6S2. The Hall–Kier alpha value is -7.17. The molecule has 0 spiro atoms. The Labute approximate surface area is 359 Å². The smallest absolute Gasteiger partial charge is 0.412 e. The first-order valence-electron chi connectivity index (χ1n) is 18.9. The molecule has 1 amide bonds. The van der Waals surface area contributed by atoms with E-state index in [2.05, 4.69) is 19.9 Å². The molecule has 4 aromatic heterocycles. The third-order valence-corrected chi connectivity index (χ3v) is 11.3. The summed E-state index contributed by atoms with van der Waals surface area (Å²) in [5.74, 6) is 0. The van der Waals surface area contributed by atoms with Crippen molar-refractivity contribution >= 4 is 74.2 Å². The number of para-hydroxylation sites is 2. The number of aromatic nitrogens is 4. The summed E-state index contributed by atoms with van der Waals surface area (Å²) in [4.78, 5) is 45.7. The van der Waals surface area contributed by atoms with E-state index in [1.165, 1.54) is 35.7 Å². The molecule has 61 heavy (non-hydrogen) atoms. The number of carbonyl (C=O) groups excluding carboxylic acids is 1. The van der Waals surface area contributed by atoms with Gasteiger partial charge >= 0.3 is 6.09 Å². The van der Waals surface area contributed by atoms with Crippen LogP contribution in [0.25, 0.3) is 21.8 Å². The van der Waals surface area contributed by atoms with Crippen molar-refractivity contribution in [3.8, 4) is 0 Å². The summed E-state index contributed by atoms with van der Waals surface area (Å²) in [6.45, 7) is 6.62. The normalized spacial score (nSPS) is 11.2. The summed E-state index contributed by atoms with van der Waals surface area (Å²) in [6, 6.07) is 32.5. The van der Waals surface area contributed by atoms with Crippen molar-refractivity contribution < 1.29 is 19.4 Å². The molecule has 0 unspecified atom stereocenters. The lowest BCUT2D eigenvalue weighted by molar-refractivity contribution is -0.387. The number of nitrogens with one attached hydrogen (secondary N) is 1. The molecule has 0 bridgehead atoms. The molecule has 308 valence electrons. The quantitative estimate of drug-likeness (QED) is 0.0716. The second-order valence-corrected chi connectivity index (χ2v) is 16.9. The first kappa shape index (κ1) is 42.0. The van der Waals surface area contributed by atoms with E-state index in [4.69, 9.17) is 10.5 Å². The van der Waals surface area contributed by atoms with Gasteiger partial charge in [0.15, 0.2) is 0 Å². The Morgan fingerprint density at radius 2 is 1.18 bits per heavy atom. The number of hydrogen-bond donors (Lipinski definition) is 2. The van der Waals surface area contributed by atoms with Crippen LogP contribution in [0.3, 0.4) is 0 Å². The summed E-state index contributed by atoms with van der Waals surface area (Å²) in [5.41, 5.74) is 10.7. The summed E-state index contributed by atoms with van der Waals surface area (Å²) >= 11 is 2.73. The molecular weight excluding hydrogens is 813 g/mol. The average molecular weight is 853 g/mol. The Bertz CT molecular complexity index is 2860. The number of anilines is 2. The van der Waals surface area contributed by atoms with Crippen LogP contribution in [-0.4, -0.2) is 40.6 Å². The van der Waals surface area contributed by atoms with Gasteiger partial charge in [0.1, 0.15) is 5.60 Å². The lowest BCUT2D eigenvalue weighted by atomic mass is 10.2. The van der Waals surface area contributed by atoms with E-state index in [-0.39, 0.29) is 21.2 Å². The zero-order valence-electron chi connectivity index (χ0n) is 33.3. The number of rotatable bonds is 11. The number of fused-ring (bicyclic) bond motifs is 2. The molecule has 8 aromatic rings.